The van der Waals surface area contributed by atoms with Crippen molar-refractivity contribution in [2.24, 2.45) is 0 Å². The van der Waals surface area contributed by atoms with Gasteiger partial charge in [-0.15, -0.1) is 0 Å². The van der Waals surface area contributed by atoms with E-state index in [0.29, 0.717) is 34.1 Å². The average molecular weight is 649 g/mol. The monoisotopic (exact) mass is 648 g/mol. The Labute approximate surface area is 281 Å². The van der Waals surface area contributed by atoms with Gasteiger partial charge in [0.1, 0.15) is 0 Å². The highest BCUT2D eigenvalue weighted by molar-refractivity contribution is 6.39. The molecule has 0 saturated heterocycles. The SMILES string of the molecule is CCCCCCCCCCCCN1C(=O)c2ccc3c4cccc5c(N(C(=O)OCC)C(=O)OCC)ccc(c6ccc(c2c36)C1=O)c54. The zero-order valence-corrected chi connectivity index (χ0v) is 28.2. The van der Waals surface area contributed by atoms with E-state index in [1.165, 1.54) is 49.8 Å². The summed E-state index contributed by atoms with van der Waals surface area (Å²) < 4.78 is 10.5. The molecule has 8 nitrogen and oxygen atoms in total. The number of unbranched alkanes of at least 4 members (excludes halogenated alkanes) is 9. The molecule has 0 fully saturated rings. The normalized spacial score (nSPS) is 12.9. The minimum absolute atomic E-state index is 0.101. The summed E-state index contributed by atoms with van der Waals surface area (Å²) in [6.07, 6.45) is 10.2. The lowest BCUT2D eigenvalue weighted by atomic mass is 9.84. The predicted octanol–water partition coefficient (Wildman–Crippen LogP) is 10.4. The third-order valence-electron chi connectivity index (χ3n) is 9.59. The maximum absolute atomic E-state index is 13.8. The third-order valence-corrected chi connectivity index (χ3v) is 9.59. The van der Waals surface area contributed by atoms with Crippen molar-refractivity contribution in [2.45, 2.75) is 85.0 Å². The minimum atomic E-state index is -0.814. The maximum atomic E-state index is 13.8. The van der Waals surface area contributed by atoms with Crippen LogP contribution >= 0.6 is 0 Å². The number of hydrogen-bond donors (Lipinski definition) is 0. The first-order valence-electron chi connectivity index (χ1n) is 17.6. The number of rotatable bonds is 14. The summed E-state index contributed by atoms with van der Waals surface area (Å²) in [6.45, 7) is 6.22. The molecule has 8 heteroatoms. The number of carbonyl (C=O) groups is 4. The van der Waals surface area contributed by atoms with Crippen molar-refractivity contribution >= 4 is 72.8 Å². The van der Waals surface area contributed by atoms with Crippen molar-refractivity contribution < 1.29 is 28.7 Å². The second kappa shape index (κ2) is 14.6. The number of hydrogen-bond acceptors (Lipinski definition) is 6. The summed E-state index contributed by atoms with van der Waals surface area (Å²) >= 11 is 0. The third kappa shape index (κ3) is 5.93. The minimum Gasteiger partial charge on any atom is -0.449 e. The molecule has 0 aromatic heterocycles. The molecular formula is C40H44N2O6. The Kier molecular flexibility index (Phi) is 10.1. The molecule has 4 amide bonds. The zero-order valence-electron chi connectivity index (χ0n) is 28.2. The van der Waals surface area contributed by atoms with E-state index in [9.17, 15) is 19.2 Å². The van der Waals surface area contributed by atoms with Crippen molar-refractivity contribution in [1.82, 2.24) is 4.90 Å². The van der Waals surface area contributed by atoms with Crippen LogP contribution in [0.2, 0.25) is 0 Å². The molecule has 48 heavy (non-hydrogen) atoms. The van der Waals surface area contributed by atoms with Crippen molar-refractivity contribution in [3.05, 3.63) is 65.7 Å². The van der Waals surface area contributed by atoms with Gasteiger partial charge in [-0.05, 0) is 70.8 Å². The van der Waals surface area contributed by atoms with Gasteiger partial charge in [-0.25, -0.2) is 9.59 Å². The van der Waals surface area contributed by atoms with Crippen LogP contribution in [0.15, 0.2) is 54.6 Å². The van der Waals surface area contributed by atoms with Gasteiger partial charge in [0.25, 0.3) is 11.8 Å². The fourth-order valence-corrected chi connectivity index (χ4v) is 7.33. The number of anilines is 1. The van der Waals surface area contributed by atoms with Gasteiger partial charge in [0.2, 0.25) is 0 Å². The smallest absolute Gasteiger partial charge is 0.424 e. The topological polar surface area (TPSA) is 93.2 Å². The fraction of sp³-hybridized carbons (Fsp3) is 0.400. The molecule has 6 rings (SSSR count). The van der Waals surface area contributed by atoms with Gasteiger partial charge in [0, 0.05) is 28.4 Å². The van der Waals surface area contributed by atoms with Gasteiger partial charge in [0.05, 0.1) is 18.9 Å². The first-order chi connectivity index (χ1) is 23.4. The molecule has 0 radical (unpaired) electrons. The first-order valence-corrected chi connectivity index (χ1v) is 17.6. The Morgan fingerprint density at radius 1 is 0.562 bits per heavy atom. The van der Waals surface area contributed by atoms with Gasteiger partial charge >= 0.3 is 12.2 Å². The molecule has 0 spiro atoms. The summed E-state index contributed by atoms with van der Waals surface area (Å²) in [4.78, 5) is 56.1. The molecule has 0 N–H and O–H groups in total. The van der Waals surface area contributed by atoms with Crippen LogP contribution < -0.4 is 4.90 Å². The van der Waals surface area contributed by atoms with E-state index in [1.807, 2.05) is 48.5 Å². The zero-order chi connectivity index (χ0) is 33.8. The Morgan fingerprint density at radius 2 is 1.04 bits per heavy atom. The van der Waals surface area contributed by atoms with Crippen LogP contribution in [0.25, 0.3) is 43.1 Å². The van der Waals surface area contributed by atoms with Gasteiger partial charge in [-0.2, -0.15) is 4.90 Å². The second-order valence-corrected chi connectivity index (χ2v) is 12.6. The van der Waals surface area contributed by atoms with E-state index >= 15 is 0 Å². The Balaban J connectivity index is 1.33. The lowest BCUT2D eigenvalue weighted by Gasteiger charge is -2.29. The van der Waals surface area contributed by atoms with Crippen LogP contribution in [0, 0.1) is 0 Å². The molecule has 1 aliphatic heterocycles. The number of ether oxygens (including phenoxy) is 2. The van der Waals surface area contributed by atoms with Crippen molar-refractivity contribution in [3.8, 4) is 0 Å². The van der Waals surface area contributed by atoms with E-state index in [-0.39, 0.29) is 25.0 Å². The first kappa shape index (κ1) is 33.2. The summed E-state index contributed by atoms with van der Waals surface area (Å²) in [7, 11) is 0. The van der Waals surface area contributed by atoms with Crippen LogP contribution in [0.1, 0.15) is 106 Å². The Hall–Kier alpha value is -4.72. The quantitative estimate of drug-likeness (QED) is 0.0515. The summed E-state index contributed by atoms with van der Waals surface area (Å²) in [6, 6.07) is 16.9. The molecule has 0 unspecified atom stereocenters. The van der Waals surface area contributed by atoms with E-state index in [4.69, 9.17) is 9.47 Å². The van der Waals surface area contributed by atoms with E-state index in [0.717, 1.165) is 56.5 Å². The summed E-state index contributed by atoms with van der Waals surface area (Å²) in [5.74, 6) is -0.489. The van der Waals surface area contributed by atoms with Crippen LogP contribution in [0.3, 0.4) is 0 Å². The van der Waals surface area contributed by atoms with Gasteiger partial charge < -0.3 is 9.47 Å². The average Bonchev–Trinajstić information content (AvgIpc) is 3.09. The van der Waals surface area contributed by atoms with E-state index < -0.39 is 12.2 Å². The van der Waals surface area contributed by atoms with Crippen molar-refractivity contribution in [2.75, 3.05) is 24.7 Å². The molecule has 5 aromatic rings. The molecule has 0 bridgehead atoms. The largest absolute Gasteiger partial charge is 0.449 e. The summed E-state index contributed by atoms with van der Waals surface area (Å²) in [5, 5.41) is 6.66. The standard InChI is InChI=1S/C40H44N2O6/c1-4-7-8-9-10-11-12-13-14-15-25-41-37(43)31-21-19-28-26-17-16-18-30-33(42(39(45)47-5-2)40(46)48-6-3)24-23-27(34(26)30)29-20-22-32(38(41)44)36(31)35(28)29/h16-24H,4-15,25H2,1-3H3. The van der Waals surface area contributed by atoms with E-state index in [2.05, 4.69) is 6.92 Å². The highest BCUT2D eigenvalue weighted by Crippen LogP contribution is 2.45. The molecule has 0 atom stereocenters. The van der Waals surface area contributed by atoms with E-state index in [1.54, 1.807) is 19.9 Å². The molecule has 0 aliphatic carbocycles. The van der Waals surface area contributed by atoms with Gasteiger partial charge in [-0.3, -0.25) is 14.5 Å². The number of benzene rings is 5. The van der Waals surface area contributed by atoms with Crippen molar-refractivity contribution in [3.63, 3.8) is 0 Å². The molecular weight excluding hydrogens is 604 g/mol. The number of carbonyl (C=O) groups excluding carboxylic acids is 4. The Bertz CT molecular complexity index is 1910. The number of nitrogens with zero attached hydrogens (tertiary/aromatic N) is 2. The highest BCUT2D eigenvalue weighted by atomic mass is 16.6. The molecule has 0 saturated carbocycles. The molecule has 250 valence electrons. The predicted molar refractivity (Wildman–Crippen MR) is 191 cm³/mol. The number of fused-ring (bicyclic) bond motifs is 2. The fourth-order valence-electron chi connectivity index (χ4n) is 7.33. The number of amides is 4. The molecule has 1 aliphatic rings. The van der Waals surface area contributed by atoms with Crippen LogP contribution in [-0.4, -0.2) is 48.7 Å². The van der Waals surface area contributed by atoms with Crippen molar-refractivity contribution in [1.29, 1.82) is 0 Å². The highest BCUT2D eigenvalue weighted by Gasteiger charge is 2.34. The van der Waals surface area contributed by atoms with Gasteiger partial charge in [-0.1, -0.05) is 101 Å². The number of imide groups is 2. The Morgan fingerprint density at radius 3 is 1.60 bits per heavy atom. The van der Waals surface area contributed by atoms with Crippen LogP contribution in [-0.2, 0) is 9.47 Å². The lowest BCUT2D eigenvalue weighted by Crippen LogP contribution is -2.40. The molecule has 5 aromatic carbocycles. The lowest BCUT2D eigenvalue weighted by molar-refractivity contribution is 0.0607. The maximum Gasteiger partial charge on any atom is 0.424 e. The second-order valence-electron chi connectivity index (χ2n) is 12.6. The molecule has 1 heterocycles. The van der Waals surface area contributed by atoms with Crippen LogP contribution in [0.5, 0.6) is 0 Å². The summed E-state index contributed by atoms with van der Waals surface area (Å²) in [5.41, 5.74) is 1.44. The van der Waals surface area contributed by atoms with Crippen LogP contribution in [0.4, 0.5) is 15.3 Å². The van der Waals surface area contributed by atoms with Gasteiger partial charge in [0.15, 0.2) is 0 Å².